The van der Waals surface area contributed by atoms with Crippen molar-refractivity contribution in [2.75, 3.05) is 18.9 Å². The fraction of sp³-hybridized carbons (Fsp3) is 0.533. The van der Waals surface area contributed by atoms with E-state index in [0.717, 1.165) is 5.57 Å². The van der Waals surface area contributed by atoms with Gasteiger partial charge in [-0.25, -0.2) is 0 Å². The van der Waals surface area contributed by atoms with E-state index >= 15 is 0 Å². The Morgan fingerprint density at radius 3 is 2.32 bits per heavy atom. The second-order valence-electron chi connectivity index (χ2n) is 10.6. The average Bonchev–Trinajstić information content (AvgIpc) is 2.88. The summed E-state index contributed by atoms with van der Waals surface area (Å²) in [4.78, 5) is 43.7. The molecule has 0 bridgehead atoms. The van der Waals surface area contributed by atoms with Crippen LogP contribution in [0.3, 0.4) is 0 Å². The zero-order valence-electron chi connectivity index (χ0n) is 24.8. The third-order valence-electron chi connectivity index (χ3n) is 6.43. The Kier molecular flexibility index (Phi) is 18.3. The molecule has 41 heavy (non-hydrogen) atoms. The lowest BCUT2D eigenvalue weighted by Gasteiger charge is -2.32. The molecule has 2 amide bonds. The van der Waals surface area contributed by atoms with Gasteiger partial charge in [0.1, 0.15) is 18.6 Å². The molecule has 1 aliphatic rings. The summed E-state index contributed by atoms with van der Waals surface area (Å²) in [6.07, 6.45) is 16.0. The summed E-state index contributed by atoms with van der Waals surface area (Å²) in [5.41, 5.74) is 10.9. The number of allylic oxidation sites excluding steroid dienone is 9. The van der Waals surface area contributed by atoms with Gasteiger partial charge in [0, 0.05) is 12.2 Å². The first-order valence-corrected chi connectivity index (χ1v) is 14.2. The first-order chi connectivity index (χ1) is 19.1. The summed E-state index contributed by atoms with van der Waals surface area (Å²) in [5.74, 6) is -3.70. The molecule has 2 atom stereocenters. The Bertz CT molecular complexity index is 1060. The Hall–Kier alpha value is -3.15. The number of carbonyl (C=O) groups is 4. The van der Waals surface area contributed by atoms with E-state index in [1.54, 1.807) is 6.08 Å². The van der Waals surface area contributed by atoms with Crippen LogP contribution in [0.1, 0.15) is 66.7 Å². The summed E-state index contributed by atoms with van der Waals surface area (Å²) in [7, 11) is 0. The molecule has 230 valence electrons. The summed E-state index contributed by atoms with van der Waals surface area (Å²) in [5, 5.41) is 30.2. The van der Waals surface area contributed by atoms with Crippen LogP contribution < -0.4 is 16.4 Å². The number of aliphatic hydroxyl groups is 1. The van der Waals surface area contributed by atoms with Gasteiger partial charge in [0.15, 0.2) is 0 Å². The quantitative estimate of drug-likeness (QED) is 0.118. The fourth-order valence-corrected chi connectivity index (χ4v) is 4.26. The standard InChI is InChI=1S/C20H30O.C10H17N3O6S/c1-16(8-6-9-17(2)13-15-21)11-12-19-18(3)10-7-14-20(19,4)5;11-5(10(18)19)1-2-7(14)13-6(4-20)9(17)12-3-8(15)16/h6,8-9,11-13,21H,7,10,14-15H2,1-5H3;5-6,20H,1-4,11H2,(H,12,17)(H,13,14)(H,15,16)(H,18,19)/b9-6+,12-11+,16-8+,17-13+;/t;5-,6-/m.0/s1. The average molecular weight is 594 g/mol. The zero-order valence-corrected chi connectivity index (χ0v) is 25.7. The maximum absolute atomic E-state index is 11.5. The van der Waals surface area contributed by atoms with E-state index in [1.807, 2.05) is 19.1 Å². The molecule has 0 unspecified atom stereocenters. The van der Waals surface area contributed by atoms with Crippen LogP contribution in [-0.4, -0.2) is 70.1 Å². The van der Waals surface area contributed by atoms with E-state index < -0.39 is 42.4 Å². The van der Waals surface area contributed by atoms with Crippen molar-refractivity contribution in [3.05, 3.63) is 58.7 Å². The van der Waals surface area contributed by atoms with Gasteiger partial charge in [-0.05, 0) is 57.4 Å². The SMILES string of the molecule is CC1=C(/C=C/C(C)=C/C=C/C(C)=C/CO)C(C)(C)CCC1.N[C@@H](CCC(=O)N[C@@H](CS)C(=O)NCC(=O)O)C(=O)O. The molecule has 10 nitrogen and oxygen atoms in total. The number of carboxylic acid groups (broad SMARTS) is 2. The van der Waals surface area contributed by atoms with Crippen LogP contribution in [0.15, 0.2) is 58.7 Å². The van der Waals surface area contributed by atoms with Crippen LogP contribution in [0.2, 0.25) is 0 Å². The van der Waals surface area contributed by atoms with E-state index in [1.165, 1.54) is 36.0 Å². The van der Waals surface area contributed by atoms with Crippen LogP contribution >= 0.6 is 12.6 Å². The minimum Gasteiger partial charge on any atom is -0.480 e. The molecule has 1 rings (SSSR count). The number of thiol groups is 1. The van der Waals surface area contributed by atoms with E-state index in [4.69, 9.17) is 21.1 Å². The summed E-state index contributed by atoms with van der Waals surface area (Å²) >= 11 is 3.87. The molecule has 11 heteroatoms. The highest BCUT2D eigenvalue weighted by molar-refractivity contribution is 7.80. The van der Waals surface area contributed by atoms with Gasteiger partial charge in [0.2, 0.25) is 11.8 Å². The second kappa shape index (κ2) is 19.8. The third-order valence-corrected chi connectivity index (χ3v) is 6.80. The van der Waals surface area contributed by atoms with Crippen LogP contribution in [0.5, 0.6) is 0 Å². The molecule has 1 aliphatic carbocycles. The van der Waals surface area contributed by atoms with E-state index in [9.17, 15) is 19.2 Å². The van der Waals surface area contributed by atoms with Crippen LogP contribution in [0.4, 0.5) is 0 Å². The molecular formula is C30H47N3O7S. The van der Waals surface area contributed by atoms with Crippen molar-refractivity contribution in [2.45, 2.75) is 78.8 Å². The Morgan fingerprint density at radius 2 is 1.78 bits per heavy atom. The normalized spacial score (nSPS) is 17.1. The molecule has 0 fully saturated rings. The number of nitrogens with one attached hydrogen (secondary N) is 2. The van der Waals surface area contributed by atoms with Crippen LogP contribution in [0, 0.1) is 5.41 Å². The summed E-state index contributed by atoms with van der Waals surface area (Å²) in [6, 6.07) is -2.15. The van der Waals surface area contributed by atoms with E-state index in [0.29, 0.717) is 5.41 Å². The maximum Gasteiger partial charge on any atom is 0.322 e. The Labute approximate surface area is 248 Å². The van der Waals surface area contributed by atoms with Gasteiger partial charge >= 0.3 is 11.9 Å². The topological polar surface area (TPSA) is 179 Å². The number of amides is 2. The van der Waals surface area contributed by atoms with Crippen molar-refractivity contribution in [3.8, 4) is 0 Å². The molecular weight excluding hydrogens is 546 g/mol. The van der Waals surface area contributed by atoms with Gasteiger partial charge in [-0.1, -0.05) is 67.0 Å². The van der Waals surface area contributed by atoms with Gasteiger partial charge in [0.25, 0.3) is 0 Å². The number of rotatable bonds is 14. The third kappa shape index (κ3) is 16.6. The first kappa shape index (κ1) is 37.9. The molecule has 0 aromatic rings. The predicted octanol–water partition coefficient (Wildman–Crippen LogP) is 3.30. The number of aliphatic hydroxyl groups excluding tert-OH is 1. The van der Waals surface area contributed by atoms with Crippen molar-refractivity contribution in [3.63, 3.8) is 0 Å². The van der Waals surface area contributed by atoms with Crippen molar-refractivity contribution in [1.29, 1.82) is 0 Å². The maximum atomic E-state index is 11.5. The number of carbonyl (C=O) groups excluding carboxylic acids is 2. The molecule has 0 saturated heterocycles. The smallest absolute Gasteiger partial charge is 0.322 e. The highest BCUT2D eigenvalue weighted by Gasteiger charge is 2.26. The molecule has 0 aromatic heterocycles. The number of hydrogen-bond donors (Lipinski definition) is 7. The predicted molar refractivity (Wildman–Crippen MR) is 164 cm³/mol. The van der Waals surface area contributed by atoms with Crippen molar-refractivity contribution in [2.24, 2.45) is 11.1 Å². The number of carboxylic acids is 2. The summed E-state index contributed by atoms with van der Waals surface area (Å²) < 4.78 is 0. The summed E-state index contributed by atoms with van der Waals surface area (Å²) in [6.45, 7) is 10.6. The minimum absolute atomic E-state index is 0.0256. The van der Waals surface area contributed by atoms with Gasteiger partial charge in [-0.15, -0.1) is 0 Å². The largest absolute Gasteiger partial charge is 0.480 e. The molecule has 0 aromatic carbocycles. The lowest BCUT2D eigenvalue weighted by Crippen LogP contribution is -2.49. The van der Waals surface area contributed by atoms with Gasteiger partial charge < -0.3 is 31.7 Å². The van der Waals surface area contributed by atoms with Crippen molar-refractivity contribution in [1.82, 2.24) is 10.6 Å². The van der Waals surface area contributed by atoms with E-state index in [2.05, 4.69) is 69.2 Å². The number of hydrogen-bond acceptors (Lipinski definition) is 7. The van der Waals surface area contributed by atoms with Crippen LogP contribution in [-0.2, 0) is 19.2 Å². The lowest BCUT2D eigenvalue weighted by molar-refractivity contribution is -0.139. The number of nitrogens with two attached hydrogens (primary N) is 1. The molecule has 0 aliphatic heterocycles. The first-order valence-electron chi connectivity index (χ1n) is 13.5. The van der Waals surface area contributed by atoms with Gasteiger partial charge in [-0.3, -0.25) is 19.2 Å². The Balaban J connectivity index is 0.000000782. The minimum atomic E-state index is -1.22. The van der Waals surface area contributed by atoms with Crippen LogP contribution in [0.25, 0.3) is 0 Å². The molecule has 7 N–H and O–H groups in total. The van der Waals surface area contributed by atoms with Crippen molar-refractivity contribution < 1.29 is 34.5 Å². The highest BCUT2D eigenvalue weighted by Crippen LogP contribution is 2.40. The number of aliphatic carboxylic acids is 2. The highest BCUT2D eigenvalue weighted by atomic mass is 32.1. The Morgan fingerprint density at radius 1 is 1.12 bits per heavy atom. The molecule has 0 heterocycles. The van der Waals surface area contributed by atoms with Crippen molar-refractivity contribution >= 4 is 36.4 Å². The fourth-order valence-electron chi connectivity index (χ4n) is 4.00. The molecule has 0 radical (unpaired) electrons. The van der Waals surface area contributed by atoms with Gasteiger partial charge in [0.05, 0.1) is 6.61 Å². The monoisotopic (exact) mass is 593 g/mol. The van der Waals surface area contributed by atoms with E-state index in [-0.39, 0.29) is 25.2 Å². The second-order valence-corrected chi connectivity index (χ2v) is 10.9. The van der Waals surface area contributed by atoms with Gasteiger partial charge in [-0.2, -0.15) is 12.6 Å². The zero-order chi connectivity index (χ0) is 31.6. The molecule has 0 saturated carbocycles. The molecule has 0 spiro atoms. The lowest BCUT2D eigenvalue weighted by atomic mass is 9.72.